The second kappa shape index (κ2) is 5.27. The molecule has 6 nitrogen and oxygen atoms in total. The summed E-state index contributed by atoms with van der Waals surface area (Å²) >= 11 is 1.63. The van der Waals surface area contributed by atoms with Gasteiger partial charge in [0.2, 0.25) is 5.91 Å². The molecule has 2 unspecified atom stereocenters. The van der Waals surface area contributed by atoms with Gasteiger partial charge in [-0.05, 0) is 18.8 Å². The zero-order valence-electron chi connectivity index (χ0n) is 12.8. The second-order valence-corrected chi connectivity index (χ2v) is 7.96. The molecule has 23 heavy (non-hydrogen) atoms. The molecular weight excluding hydrogens is 312 g/mol. The first-order valence-electron chi connectivity index (χ1n) is 8.38. The molecule has 1 amide bonds. The highest BCUT2D eigenvalue weighted by molar-refractivity contribution is 8.09. The molecule has 1 saturated carbocycles. The normalized spacial score (nSPS) is 34.4. The molecule has 3 aliphatic heterocycles. The molecule has 3 fully saturated rings. The van der Waals surface area contributed by atoms with E-state index in [4.69, 9.17) is 4.74 Å². The van der Waals surface area contributed by atoms with Gasteiger partial charge in [0, 0.05) is 30.9 Å². The number of H-pyrrole nitrogens is 1. The molecule has 122 valence electrons. The zero-order valence-corrected chi connectivity index (χ0v) is 13.6. The number of thioether (sulfide) groups is 1. The number of aromatic nitrogens is 2. The Kier molecular flexibility index (Phi) is 3.19. The first-order chi connectivity index (χ1) is 11.3. The van der Waals surface area contributed by atoms with E-state index in [-0.39, 0.29) is 17.2 Å². The van der Waals surface area contributed by atoms with Gasteiger partial charge in [0.25, 0.3) is 0 Å². The van der Waals surface area contributed by atoms with Crippen LogP contribution in [0.1, 0.15) is 24.8 Å². The first-order valence-corrected chi connectivity index (χ1v) is 9.26. The van der Waals surface area contributed by atoms with E-state index in [0.717, 1.165) is 29.3 Å². The monoisotopic (exact) mass is 332 g/mol. The number of nitrogens with zero attached hydrogens (tertiary/aromatic N) is 2. The molecule has 4 heterocycles. The van der Waals surface area contributed by atoms with Crippen molar-refractivity contribution in [2.45, 2.75) is 36.6 Å². The summed E-state index contributed by atoms with van der Waals surface area (Å²) < 4.78 is 6.01. The van der Waals surface area contributed by atoms with E-state index in [1.165, 1.54) is 19.3 Å². The van der Waals surface area contributed by atoms with E-state index >= 15 is 0 Å². The molecule has 1 aliphatic carbocycles. The van der Waals surface area contributed by atoms with E-state index in [1.807, 2.05) is 6.20 Å². The fourth-order valence-corrected chi connectivity index (χ4v) is 5.50. The van der Waals surface area contributed by atoms with Crippen molar-refractivity contribution < 1.29 is 9.53 Å². The van der Waals surface area contributed by atoms with Crippen LogP contribution >= 0.6 is 11.8 Å². The number of ether oxygens (including phenoxy) is 1. The van der Waals surface area contributed by atoms with Crippen LogP contribution in [0.4, 0.5) is 0 Å². The topological polar surface area (TPSA) is 70.2 Å². The Morgan fingerprint density at radius 3 is 3.04 bits per heavy atom. The van der Waals surface area contributed by atoms with Crippen molar-refractivity contribution >= 4 is 22.6 Å². The molecule has 0 aromatic carbocycles. The summed E-state index contributed by atoms with van der Waals surface area (Å²) in [5.74, 6) is 1.80. The van der Waals surface area contributed by atoms with Gasteiger partial charge in [0.05, 0.1) is 17.1 Å². The number of morpholine rings is 1. The molecule has 1 aromatic rings. The Bertz CT molecular complexity index is 655. The van der Waals surface area contributed by atoms with Gasteiger partial charge in [0.15, 0.2) is 0 Å². The molecule has 4 aliphatic rings. The number of hydrogen-bond donors (Lipinski definition) is 2. The third-order valence-electron chi connectivity index (χ3n) is 5.55. The van der Waals surface area contributed by atoms with E-state index in [2.05, 4.69) is 20.4 Å². The maximum absolute atomic E-state index is 12.8. The van der Waals surface area contributed by atoms with Gasteiger partial charge < -0.3 is 10.1 Å². The van der Waals surface area contributed by atoms with Crippen molar-refractivity contribution in [1.82, 2.24) is 20.4 Å². The lowest BCUT2D eigenvalue weighted by atomic mass is 9.79. The molecule has 0 radical (unpaired) electrons. The predicted molar refractivity (Wildman–Crippen MR) is 87.5 cm³/mol. The number of carbonyl (C=O) groups is 1. The van der Waals surface area contributed by atoms with Crippen molar-refractivity contribution in [3.8, 4) is 0 Å². The molecule has 2 saturated heterocycles. The molecule has 2 N–H and O–H groups in total. The lowest BCUT2D eigenvalue weighted by molar-refractivity contribution is -0.121. The number of carbonyl (C=O) groups excluding carboxylic acids is 1. The van der Waals surface area contributed by atoms with Crippen LogP contribution in [-0.2, 0) is 9.53 Å². The highest BCUT2D eigenvalue weighted by atomic mass is 32.2. The fourth-order valence-electron chi connectivity index (χ4n) is 4.10. The standard InChI is InChI=1S/C16H20N4O2S/c21-16-15-12-13(14(23-15)10-6-17-18-7-10)22-5-4-20(12)8-11(19-16)9-2-1-3-9/h6-7,9,11-12,15H,1-5,8H2,(H,17,18)(H,19,21)/t11-,12?,15?/m0/s1. The average Bonchev–Trinajstić information content (AvgIpc) is 3.09. The molecule has 0 bridgehead atoms. The van der Waals surface area contributed by atoms with Gasteiger partial charge in [-0.2, -0.15) is 5.10 Å². The minimum atomic E-state index is -0.111. The van der Waals surface area contributed by atoms with E-state index in [0.29, 0.717) is 18.6 Å². The Morgan fingerprint density at radius 2 is 2.30 bits per heavy atom. The minimum absolute atomic E-state index is 0.0729. The predicted octanol–water partition coefficient (Wildman–Crippen LogP) is 1.19. The summed E-state index contributed by atoms with van der Waals surface area (Å²) in [5, 5.41) is 10.1. The Morgan fingerprint density at radius 1 is 1.39 bits per heavy atom. The second-order valence-electron chi connectivity index (χ2n) is 6.81. The van der Waals surface area contributed by atoms with Crippen LogP contribution in [0.15, 0.2) is 18.2 Å². The lowest BCUT2D eigenvalue weighted by Gasteiger charge is -2.39. The van der Waals surface area contributed by atoms with Crippen LogP contribution in [0.3, 0.4) is 0 Å². The Labute approximate surface area is 139 Å². The van der Waals surface area contributed by atoms with Crippen molar-refractivity contribution in [2.24, 2.45) is 5.92 Å². The van der Waals surface area contributed by atoms with Crippen LogP contribution in [-0.4, -0.2) is 58.0 Å². The van der Waals surface area contributed by atoms with E-state index in [1.54, 1.807) is 18.0 Å². The molecular formula is C16H20N4O2S. The summed E-state index contributed by atoms with van der Waals surface area (Å²) in [6, 6.07) is 0.378. The van der Waals surface area contributed by atoms with E-state index < -0.39 is 0 Å². The fraction of sp³-hybridized carbons (Fsp3) is 0.625. The van der Waals surface area contributed by atoms with Gasteiger partial charge in [-0.3, -0.25) is 14.8 Å². The van der Waals surface area contributed by atoms with Crippen LogP contribution in [0.25, 0.3) is 4.91 Å². The smallest absolute Gasteiger partial charge is 0.235 e. The summed E-state index contributed by atoms with van der Waals surface area (Å²) in [6.07, 6.45) is 7.48. The largest absolute Gasteiger partial charge is 0.494 e. The SMILES string of the molecule is O=C1N[C@H](C2CCC2)CN2CCOC3=C(c4cn[nH]c4)SC1C32. The summed E-state index contributed by atoms with van der Waals surface area (Å²) in [4.78, 5) is 16.4. The van der Waals surface area contributed by atoms with Crippen molar-refractivity contribution in [3.05, 3.63) is 23.7 Å². The zero-order chi connectivity index (χ0) is 15.4. The Hall–Kier alpha value is -1.47. The molecule has 1 aromatic heterocycles. The van der Waals surface area contributed by atoms with Gasteiger partial charge in [-0.1, -0.05) is 6.42 Å². The van der Waals surface area contributed by atoms with Crippen molar-refractivity contribution in [1.29, 1.82) is 0 Å². The van der Waals surface area contributed by atoms with Gasteiger partial charge in [-0.25, -0.2) is 0 Å². The average molecular weight is 332 g/mol. The summed E-state index contributed by atoms with van der Waals surface area (Å²) in [5.41, 5.74) is 1.02. The molecule has 7 heteroatoms. The Balaban J connectivity index is 1.50. The highest BCUT2D eigenvalue weighted by Gasteiger charge is 2.50. The number of rotatable bonds is 2. The van der Waals surface area contributed by atoms with E-state index in [9.17, 15) is 4.79 Å². The number of aromatic amines is 1. The molecule has 5 rings (SSSR count). The van der Waals surface area contributed by atoms with Crippen molar-refractivity contribution in [3.63, 3.8) is 0 Å². The molecule has 0 spiro atoms. The number of nitrogens with one attached hydrogen (secondary N) is 2. The van der Waals surface area contributed by atoms with Gasteiger partial charge >= 0.3 is 0 Å². The van der Waals surface area contributed by atoms with Crippen LogP contribution < -0.4 is 5.32 Å². The number of hydrogen-bond acceptors (Lipinski definition) is 5. The maximum atomic E-state index is 12.8. The quantitative estimate of drug-likeness (QED) is 0.851. The third-order valence-corrected chi connectivity index (χ3v) is 6.95. The lowest BCUT2D eigenvalue weighted by Crippen LogP contribution is -2.50. The van der Waals surface area contributed by atoms with Gasteiger partial charge in [0.1, 0.15) is 17.6 Å². The maximum Gasteiger partial charge on any atom is 0.235 e. The van der Waals surface area contributed by atoms with Crippen LogP contribution in [0, 0.1) is 5.92 Å². The molecule has 3 atom stereocenters. The van der Waals surface area contributed by atoms with Gasteiger partial charge in [-0.15, -0.1) is 11.8 Å². The van der Waals surface area contributed by atoms with Crippen molar-refractivity contribution in [2.75, 3.05) is 19.7 Å². The van der Waals surface area contributed by atoms with Crippen LogP contribution in [0.2, 0.25) is 0 Å². The number of amides is 1. The summed E-state index contributed by atoms with van der Waals surface area (Å²) in [6.45, 7) is 2.55. The minimum Gasteiger partial charge on any atom is -0.494 e. The highest BCUT2D eigenvalue weighted by Crippen LogP contribution is 2.48. The first kappa shape index (κ1) is 13.9. The van der Waals surface area contributed by atoms with Crippen LogP contribution in [0.5, 0.6) is 0 Å². The third kappa shape index (κ3) is 2.13. The summed E-state index contributed by atoms with van der Waals surface area (Å²) in [7, 11) is 0.